The van der Waals surface area contributed by atoms with Crippen LogP contribution in [0.2, 0.25) is 0 Å². The highest BCUT2D eigenvalue weighted by Gasteiger charge is 2.29. The first-order valence-electron chi connectivity index (χ1n) is 6.97. The molecule has 0 saturated carbocycles. The Kier molecular flexibility index (Phi) is 2.97. The van der Waals surface area contributed by atoms with Crippen LogP contribution < -0.4 is 5.32 Å². The molecule has 19 heavy (non-hydrogen) atoms. The summed E-state index contributed by atoms with van der Waals surface area (Å²) in [5.74, 6) is 0. The Hall–Kier alpha value is -1.55. The van der Waals surface area contributed by atoms with E-state index in [0.29, 0.717) is 6.04 Å². The van der Waals surface area contributed by atoms with Gasteiger partial charge in [-0.2, -0.15) is 0 Å². The van der Waals surface area contributed by atoms with Gasteiger partial charge in [-0.25, -0.2) is 4.98 Å². The van der Waals surface area contributed by atoms with Crippen LogP contribution in [0.25, 0.3) is 11.0 Å². The molecule has 1 saturated heterocycles. The smallest absolute Gasteiger partial charge is 0.137 e. The van der Waals surface area contributed by atoms with Crippen LogP contribution in [0.5, 0.6) is 0 Å². The van der Waals surface area contributed by atoms with Crippen molar-refractivity contribution in [1.29, 1.82) is 0 Å². The Morgan fingerprint density at radius 1 is 1.42 bits per heavy atom. The number of nitrogens with one attached hydrogen (secondary N) is 2. The van der Waals surface area contributed by atoms with Crippen molar-refractivity contribution >= 4 is 16.7 Å². The minimum Gasteiger partial charge on any atom is -0.380 e. The van der Waals surface area contributed by atoms with Gasteiger partial charge in [0.25, 0.3) is 0 Å². The zero-order valence-corrected chi connectivity index (χ0v) is 11.9. The Morgan fingerprint density at radius 3 is 3.00 bits per heavy atom. The van der Waals surface area contributed by atoms with E-state index in [9.17, 15) is 0 Å². The van der Waals surface area contributed by atoms with Crippen LogP contribution in [-0.4, -0.2) is 39.5 Å². The van der Waals surface area contributed by atoms with Crippen LogP contribution in [0.15, 0.2) is 24.5 Å². The molecule has 2 aromatic rings. The number of aromatic amines is 1. The van der Waals surface area contributed by atoms with Crippen LogP contribution >= 0.6 is 0 Å². The molecule has 3 heterocycles. The molecule has 0 spiro atoms. The number of hydrogen-bond donors (Lipinski definition) is 2. The summed E-state index contributed by atoms with van der Waals surface area (Å²) in [6, 6.07) is 4.75. The second-order valence-electron chi connectivity index (χ2n) is 6.39. The Balaban J connectivity index is 1.69. The lowest BCUT2D eigenvalue weighted by molar-refractivity contribution is 0.174. The maximum Gasteiger partial charge on any atom is 0.137 e. The first-order valence-corrected chi connectivity index (χ1v) is 6.97. The lowest BCUT2D eigenvalue weighted by Crippen LogP contribution is -2.40. The van der Waals surface area contributed by atoms with E-state index in [0.717, 1.165) is 23.3 Å². The third-order valence-corrected chi connectivity index (χ3v) is 3.91. The fourth-order valence-corrected chi connectivity index (χ4v) is 2.74. The van der Waals surface area contributed by atoms with Crippen LogP contribution in [0.4, 0.5) is 5.69 Å². The molecule has 2 aromatic heterocycles. The van der Waals surface area contributed by atoms with Gasteiger partial charge >= 0.3 is 0 Å². The largest absolute Gasteiger partial charge is 0.380 e. The summed E-state index contributed by atoms with van der Waals surface area (Å²) >= 11 is 0. The Labute approximate surface area is 114 Å². The van der Waals surface area contributed by atoms with E-state index in [1.807, 2.05) is 12.4 Å². The van der Waals surface area contributed by atoms with Gasteiger partial charge in [-0.3, -0.25) is 4.90 Å². The zero-order chi connectivity index (χ0) is 13.5. The lowest BCUT2D eigenvalue weighted by Gasteiger charge is -2.31. The number of fused-ring (bicyclic) bond motifs is 1. The highest BCUT2D eigenvalue weighted by atomic mass is 15.2. The summed E-state index contributed by atoms with van der Waals surface area (Å²) < 4.78 is 0. The average Bonchev–Trinajstić information content (AvgIpc) is 2.95. The molecule has 4 heteroatoms. The summed E-state index contributed by atoms with van der Waals surface area (Å²) in [5.41, 5.74) is 2.33. The normalized spacial score (nSPS) is 21.1. The second kappa shape index (κ2) is 4.53. The SMILES string of the molecule is CC(C)(C)N1CCC(Nc2cnc3[nH]ccc3c2)C1. The predicted molar refractivity (Wildman–Crippen MR) is 79.4 cm³/mol. The molecule has 1 unspecified atom stereocenters. The molecule has 0 aliphatic carbocycles. The van der Waals surface area contributed by atoms with Gasteiger partial charge in [0, 0.05) is 36.3 Å². The van der Waals surface area contributed by atoms with Gasteiger partial charge in [0.2, 0.25) is 0 Å². The maximum atomic E-state index is 4.42. The molecule has 1 aliphatic heterocycles. The minimum absolute atomic E-state index is 0.263. The highest BCUT2D eigenvalue weighted by Crippen LogP contribution is 2.23. The van der Waals surface area contributed by atoms with Crippen molar-refractivity contribution in [1.82, 2.24) is 14.9 Å². The molecule has 102 valence electrons. The van der Waals surface area contributed by atoms with Crippen LogP contribution in [0.3, 0.4) is 0 Å². The molecule has 0 aromatic carbocycles. The van der Waals surface area contributed by atoms with E-state index < -0.39 is 0 Å². The number of anilines is 1. The molecule has 0 bridgehead atoms. The summed E-state index contributed by atoms with van der Waals surface area (Å²) in [5, 5.41) is 4.77. The van der Waals surface area contributed by atoms with Crippen molar-refractivity contribution in [2.75, 3.05) is 18.4 Å². The van der Waals surface area contributed by atoms with Gasteiger partial charge in [0.15, 0.2) is 0 Å². The van der Waals surface area contributed by atoms with Crippen molar-refractivity contribution in [3.05, 3.63) is 24.5 Å². The van der Waals surface area contributed by atoms with Crippen molar-refractivity contribution in [3.8, 4) is 0 Å². The number of hydrogen-bond acceptors (Lipinski definition) is 3. The molecule has 1 aliphatic rings. The fourth-order valence-electron chi connectivity index (χ4n) is 2.74. The molecule has 2 N–H and O–H groups in total. The number of nitrogens with zero attached hydrogens (tertiary/aromatic N) is 2. The van der Waals surface area contributed by atoms with E-state index in [1.54, 1.807) is 0 Å². The maximum absolute atomic E-state index is 4.42. The Bertz CT molecular complexity index is 567. The molecule has 0 radical (unpaired) electrons. The number of pyridine rings is 1. The molecular weight excluding hydrogens is 236 g/mol. The molecule has 4 nitrogen and oxygen atoms in total. The first-order chi connectivity index (χ1) is 9.02. The van der Waals surface area contributed by atoms with Gasteiger partial charge in [0.05, 0.1) is 11.9 Å². The van der Waals surface area contributed by atoms with E-state index in [-0.39, 0.29) is 5.54 Å². The standard InChI is InChI=1S/C15H22N4/c1-15(2,3)19-7-5-12(10-19)18-13-8-11-4-6-16-14(11)17-9-13/h4,6,8-9,12,18H,5,7,10H2,1-3H3,(H,16,17). The summed E-state index contributed by atoms with van der Waals surface area (Å²) in [6.45, 7) is 9.12. The highest BCUT2D eigenvalue weighted by molar-refractivity contribution is 5.78. The number of H-pyrrole nitrogens is 1. The van der Waals surface area contributed by atoms with Gasteiger partial charge in [-0.05, 0) is 39.3 Å². The second-order valence-corrected chi connectivity index (χ2v) is 6.39. The van der Waals surface area contributed by atoms with Gasteiger partial charge < -0.3 is 10.3 Å². The summed E-state index contributed by atoms with van der Waals surface area (Å²) in [4.78, 5) is 10.1. The van der Waals surface area contributed by atoms with Crippen molar-refractivity contribution in [3.63, 3.8) is 0 Å². The Morgan fingerprint density at radius 2 is 2.26 bits per heavy atom. The van der Waals surface area contributed by atoms with Crippen LogP contribution in [0, 0.1) is 0 Å². The van der Waals surface area contributed by atoms with E-state index in [2.05, 4.69) is 53.1 Å². The van der Waals surface area contributed by atoms with Crippen LogP contribution in [-0.2, 0) is 0 Å². The van der Waals surface area contributed by atoms with E-state index >= 15 is 0 Å². The van der Waals surface area contributed by atoms with Crippen molar-refractivity contribution in [2.24, 2.45) is 0 Å². The molecular formula is C15H22N4. The first kappa shape index (κ1) is 12.5. The number of rotatable bonds is 2. The van der Waals surface area contributed by atoms with Gasteiger partial charge in [-0.1, -0.05) is 0 Å². The fraction of sp³-hybridized carbons (Fsp3) is 0.533. The lowest BCUT2D eigenvalue weighted by atomic mass is 10.1. The summed E-state index contributed by atoms with van der Waals surface area (Å²) in [6.07, 6.45) is 5.04. The van der Waals surface area contributed by atoms with E-state index in [4.69, 9.17) is 0 Å². The monoisotopic (exact) mass is 258 g/mol. The number of aromatic nitrogens is 2. The molecule has 3 rings (SSSR count). The quantitative estimate of drug-likeness (QED) is 0.870. The minimum atomic E-state index is 0.263. The molecule has 1 atom stereocenters. The topological polar surface area (TPSA) is 44.0 Å². The van der Waals surface area contributed by atoms with Gasteiger partial charge in [-0.15, -0.1) is 0 Å². The zero-order valence-electron chi connectivity index (χ0n) is 11.9. The average molecular weight is 258 g/mol. The van der Waals surface area contributed by atoms with Crippen molar-refractivity contribution < 1.29 is 0 Å². The molecule has 1 fully saturated rings. The van der Waals surface area contributed by atoms with Gasteiger partial charge in [0.1, 0.15) is 5.65 Å². The summed E-state index contributed by atoms with van der Waals surface area (Å²) in [7, 11) is 0. The van der Waals surface area contributed by atoms with E-state index in [1.165, 1.54) is 13.0 Å². The predicted octanol–water partition coefficient (Wildman–Crippen LogP) is 2.85. The van der Waals surface area contributed by atoms with Crippen LogP contribution in [0.1, 0.15) is 27.2 Å². The third-order valence-electron chi connectivity index (χ3n) is 3.91. The van der Waals surface area contributed by atoms with Crippen molar-refractivity contribution in [2.45, 2.75) is 38.8 Å². The third kappa shape index (κ3) is 2.59. The molecule has 0 amide bonds. The number of likely N-dealkylation sites (tertiary alicyclic amines) is 1.